The van der Waals surface area contributed by atoms with Gasteiger partial charge in [0.25, 0.3) is 0 Å². The van der Waals surface area contributed by atoms with E-state index in [1.807, 2.05) is 18.3 Å². The van der Waals surface area contributed by atoms with Crippen LogP contribution >= 0.6 is 15.9 Å². The lowest BCUT2D eigenvalue weighted by molar-refractivity contribution is 0.585. The maximum Gasteiger partial charge on any atom is 0.0790 e. The maximum absolute atomic E-state index is 4.59. The molecule has 0 unspecified atom stereocenters. The van der Waals surface area contributed by atoms with Gasteiger partial charge in [0.05, 0.1) is 11.9 Å². The molecule has 0 bridgehead atoms. The van der Waals surface area contributed by atoms with Crippen LogP contribution < -0.4 is 5.32 Å². The van der Waals surface area contributed by atoms with Gasteiger partial charge in [0.15, 0.2) is 0 Å². The number of aromatic nitrogens is 2. The van der Waals surface area contributed by atoms with Gasteiger partial charge in [0.1, 0.15) is 0 Å². The zero-order valence-corrected chi connectivity index (χ0v) is 13.9. The van der Waals surface area contributed by atoms with E-state index in [9.17, 15) is 0 Å². The number of rotatable bonds is 6. The highest BCUT2D eigenvalue weighted by Crippen LogP contribution is 2.23. The summed E-state index contributed by atoms with van der Waals surface area (Å²) in [6.07, 6.45) is 4.14. The van der Waals surface area contributed by atoms with Crippen molar-refractivity contribution in [1.29, 1.82) is 0 Å². The highest BCUT2D eigenvalue weighted by molar-refractivity contribution is 9.10. The molecule has 0 spiro atoms. The van der Waals surface area contributed by atoms with Gasteiger partial charge >= 0.3 is 0 Å². The van der Waals surface area contributed by atoms with Crippen LogP contribution in [0.25, 0.3) is 5.69 Å². The minimum absolute atomic E-state index is 0.483. The fraction of sp³-hybridized carbons (Fsp3) is 0.438. The van der Waals surface area contributed by atoms with Gasteiger partial charge in [-0.3, -0.25) is 0 Å². The maximum atomic E-state index is 4.59. The zero-order valence-electron chi connectivity index (χ0n) is 12.4. The van der Waals surface area contributed by atoms with Crippen molar-refractivity contribution in [2.45, 2.75) is 46.2 Å². The van der Waals surface area contributed by atoms with Crippen LogP contribution in [0.4, 0.5) is 0 Å². The van der Waals surface area contributed by atoms with Crippen LogP contribution in [-0.2, 0) is 13.0 Å². The van der Waals surface area contributed by atoms with Crippen LogP contribution in [0.1, 0.15) is 38.4 Å². The van der Waals surface area contributed by atoms with Crippen molar-refractivity contribution in [2.24, 2.45) is 0 Å². The molecule has 0 amide bonds. The number of hydrogen-bond donors (Lipinski definition) is 1. The molecule has 1 aromatic heterocycles. The summed E-state index contributed by atoms with van der Waals surface area (Å²) in [5, 5.41) is 8.07. The monoisotopic (exact) mass is 335 g/mol. The molecule has 2 aromatic rings. The van der Waals surface area contributed by atoms with Gasteiger partial charge in [0.2, 0.25) is 0 Å². The second-order valence-electron chi connectivity index (χ2n) is 5.27. The smallest absolute Gasteiger partial charge is 0.0790 e. The second kappa shape index (κ2) is 7.04. The van der Waals surface area contributed by atoms with Crippen molar-refractivity contribution in [1.82, 2.24) is 15.1 Å². The second-order valence-corrected chi connectivity index (χ2v) is 6.12. The van der Waals surface area contributed by atoms with Crippen molar-refractivity contribution in [2.75, 3.05) is 0 Å². The van der Waals surface area contributed by atoms with Crippen LogP contribution in [0.3, 0.4) is 0 Å². The zero-order chi connectivity index (χ0) is 14.5. The van der Waals surface area contributed by atoms with Gasteiger partial charge in [-0.1, -0.05) is 39.3 Å². The molecule has 0 atom stereocenters. The minimum atomic E-state index is 0.483. The first kappa shape index (κ1) is 15.3. The van der Waals surface area contributed by atoms with Gasteiger partial charge in [-0.2, -0.15) is 5.10 Å². The van der Waals surface area contributed by atoms with Crippen LogP contribution in [0, 0.1) is 0 Å². The van der Waals surface area contributed by atoms with E-state index < -0.39 is 0 Å². The van der Waals surface area contributed by atoms with Gasteiger partial charge < -0.3 is 5.32 Å². The molecule has 1 heterocycles. The SMILES string of the molecule is CCCc1c(CNC(C)C)cnn1-c1ccccc1Br. The van der Waals surface area contributed by atoms with E-state index in [4.69, 9.17) is 0 Å². The first-order valence-electron chi connectivity index (χ1n) is 7.17. The van der Waals surface area contributed by atoms with E-state index in [0.717, 1.165) is 29.5 Å². The first-order valence-corrected chi connectivity index (χ1v) is 7.96. The summed E-state index contributed by atoms with van der Waals surface area (Å²) in [5.41, 5.74) is 3.69. The van der Waals surface area contributed by atoms with E-state index in [2.05, 4.69) is 63.9 Å². The standard InChI is InChI=1S/C16H22BrN3/c1-4-7-15-13(10-18-12(2)3)11-19-20(15)16-9-6-5-8-14(16)17/h5-6,8-9,11-12,18H,4,7,10H2,1-3H3. The van der Waals surface area contributed by atoms with Crippen LogP contribution in [0.15, 0.2) is 34.9 Å². The Bertz CT molecular complexity index is 561. The molecule has 0 saturated heterocycles. The molecule has 0 aliphatic carbocycles. The number of halogens is 1. The summed E-state index contributed by atoms with van der Waals surface area (Å²) in [6, 6.07) is 8.70. The molecule has 0 aliphatic rings. The van der Waals surface area contributed by atoms with Gasteiger partial charge in [-0.15, -0.1) is 0 Å². The largest absolute Gasteiger partial charge is 0.310 e. The Morgan fingerprint density at radius 1 is 1.30 bits per heavy atom. The molecular formula is C16H22BrN3. The molecule has 20 heavy (non-hydrogen) atoms. The number of hydrogen-bond acceptors (Lipinski definition) is 2. The van der Waals surface area contributed by atoms with Gasteiger partial charge in [-0.05, 0) is 34.5 Å². The number of nitrogens with zero attached hydrogens (tertiary/aromatic N) is 2. The number of nitrogens with one attached hydrogen (secondary N) is 1. The van der Waals surface area contributed by atoms with Crippen LogP contribution in [-0.4, -0.2) is 15.8 Å². The van der Waals surface area contributed by atoms with Crippen LogP contribution in [0.5, 0.6) is 0 Å². The van der Waals surface area contributed by atoms with Crippen molar-refractivity contribution in [3.63, 3.8) is 0 Å². The molecule has 0 saturated carbocycles. The highest BCUT2D eigenvalue weighted by atomic mass is 79.9. The third-order valence-electron chi connectivity index (χ3n) is 3.22. The average Bonchev–Trinajstić information content (AvgIpc) is 2.80. The Hall–Kier alpha value is -1.13. The molecule has 108 valence electrons. The van der Waals surface area contributed by atoms with Gasteiger partial charge in [-0.25, -0.2) is 4.68 Å². The Morgan fingerprint density at radius 3 is 2.70 bits per heavy atom. The van der Waals surface area contributed by atoms with E-state index in [1.54, 1.807) is 0 Å². The Morgan fingerprint density at radius 2 is 2.05 bits per heavy atom. The Kier molecular flexibility index (Phi) is 5.38. The predicted molar refractivity (Wildman–Crippen MR) is 87.2 cm³/mol. The summed E-state index contributed by atoms with van der Waals surface area (Å²) in [5.74, 6) is 0. The fourth-order valence-electron chi connectivity index (χ4n) is 2.20. The average molecular weight is 336 g/mol. The van der Waals surface area contributed by atoms with E-state index in [0.29, 0.717) is 6.04 Å². The van der Waals surface area contributed by atoms with Crippen molar-refractivity contribution >= 4 is 15.9 Å². The predicted octanol–water partition coefficient (Wildman–Crippen LogP) is 4.09. The van der Waals surface area contributed by atoms with E-state index in [-0.39, 0.29) is 0 Å². The molecule has 1 N–H and O–H groups in total. The molecule has 4 heteroatoms. The molecule has 0 radical (unpaired) electrons. The quantitative estimate of drug-likeness (QED) is 0.861. The summed E-state index contributed by atoms with van der Waals surface area (Å²) in [6.45, 7) is 7.41. The third-order valence-corrected chi connectivity index (χ3v) is 3.89. The summed E-state index contributed by atoms with van der Waals surface area (Å²) in [4.78, 5) is 0. The van der Waals surface area contributed by atoms with Crippen molar-refractivity contribution < 1.29 is 0 Å². The third kappa shape index (κ3) is 3.49. The van der Waals surface area contributed by atoms with E-state index >= 15 is 0 Å². The topological polar surface area (TPSA) is 29.9 Å². The minimum Gasteiger partial charge on any atom is -0.310 e. The molecule has 0 fully saturated rings. The summed E-state index contributed by atoms with van der Waals surface area (Å²) >= 11 is 3.61. The Balaban J connectivity index is 2.36. The van der Waals surface area contributed by atoms with E-state index in [1.165, 1.54) is 11.3 Å². The normalized spacial score (nSPS) is 11.2. The number of para-hydroxylation sites is 1. The molecule has 2 rings (SSSR count). The first-order chi connectivity index (χ1) is 9.63. The molecule has 3 nitrogen and oxygen atoms in total. The highest BCUT2D eigenvalue weighted by Gasteiger charge is 2.13. The fourth-order valence-corrected chi connectivity index (χ4v) is 2.66. The molecule has 0 aliphatic heterocycles. The Labute approximate surface area is 129 Å². The number of benzene rings is 1. The van der Waals surface area contributed by atoms with Crippen molar-refractivity contribution in [3.8, 4) is 5.69 Å². The summed E-state index contributed by atoms with van der Waals surface area (Å²) < 4.78 is 3.13. The lowest BCUT2D eigenvalue weighted by Gasteiger charge is -2.12. The molecular weight excluding hydrogens is 314 g/mol. The molecule has 1 aromatic carbocycles. The lowest BCUT2D eigenvalue weighted by Crippen LogP contribution is -2.22. The van der Waals surface area contributed by atoms with Crippen molar-refractivity contribution in [3.05, 3.63) is 46.2 Å². The van der Waals surface area contributed by atoms with Crippen LogP contribution in [0.2, 0.25) is 0 Å². The summed E-state index contributed by atoms with van der Waals surface area (Å²) in [7, 11) is 0. The van der Waals surface area contributed by atoms with Gasteiger partial charge in [0, 0.05) is 28.3 Å². The lowest BCUT2D eigenvalue weighted by atomic mass is 10.1.